The van der Waals surface area contributed by atoms with E-state index in [1.807, 2.05) is 17.0 Å². The average Bonchev–Trinajstić information content (AvgIpc) is 2.52. The highest BCUT2D eigenvalue weighted by atomic mass is 79.9. The van der Waals surface area contributed by atoms with Gasteiger partial charge >= 0.3 is 0 Å². The largest absolute Gasteiger partial charge is 0.338 e. The van der Waals surface area contributed by atoms with E-state index < -0.39 is 0 Å². The van der Waals surface area contributed by atoms with E-state index in [2.05, 4.69) is 28.1 Å². The first-order valence-electron chi connectivity index (χ1n) is 4.78. The molecule has 0 aliphatic carbocycles. The lowest BCUT2D eigenvalue weighted by Gasteiger charge is -2.15. The first kappa shape index (κ1) is 9.71. The van der Waals surface area contributed by atoms with Crippen molar-refractivity contribution >= 4 is 21.8 Å². The van der Waals surface area contributed by atoms with Crippen LogP contribution in [0.4, 0.5) is 0 Å². The Kier molecular flexibility index (Phi) is 2.87. The lowest BCUT2D eigenvalue weighted by Crippen LogP contribution is -2.23. The van der Waals surface area contributed by atoms with Gasteiger partial charge in [-0.3, -0.25) is 4.79 Å². The van der Waals surface area contributed by atoms with Crippen LogP contribution in [0.15, 0.2) is 28.7 Å². The number of carbonyl (C=O) groups is 1. The Morgan fingerprint density at radius 1 is 1.43 bits per heavy atom. The van der Waals surface area contributed by atoms with E-state index in [1.165, 1.54) is 5.56 Å². The SMILES string of the molecule is O=C1CCCN1Cc1cccc(Br)c1. The monoisotopic (exact) mass is 253 g/mol. The molecule has 2 nitrogen and oxygen atoms in total. The zero-order valence-electron chi connectivity index (χ0n) is 7.87. The molecule has 3 heteroatoms. The second-order valence-electron chi connectivity index (χ2n) is 3.55. The van der Waals surface area contributed by atoms with Gasteiger partial charge in [-0.15, -0.1) is 0 Å². The second kappa shape index (κ2) is 4.13. The lowest BCUT2D eigenvalue weighted by molar-refractivity contribution is -0.128. The third kappa shape index (κ3) is 2.15. The highest BCUT2D eigenvalue weighted by Gasteiger charge is 2.19. The normalized spacial score (nSPS) is 16.4. The molecule has 0 aromatic heterocycles. The quantitative estimate of drug-likeness (QED) is 0.794. The van der Waals surface area contributed by atoms with Gasteiger partial charge in [0.15, 0.2) is 0 Å². The Hall–Kier alpha value is -0.830. The maximum absolute atomic E-state index is 11.4. The smallest absolute Gasteiger partial charge is 0.222 e. The second-order valence-corrected chi connectivity index (χ2v) is 4.46. The number of carbonyl (C=O) groups excluding carboxylic acids is 1. The summed E-state index contributed by atoms with van der Waals surface area (Å²) in [6.07, 6.45) is 1.72. The zero-order chi connectivity index (χ0) is 9.97. The molecule has 0 N–H and O–H groups in total. The highest BCUT2D eigenvalue weighted by molar-refractivity contribution is 9.10. The summed E-state index contributed by atoms with van der Waals surface area (Å²) in [4.78, 5) is 13.3. The lowest BCUT2D eigenvalue weighted by atomic mass is 10.2. The first-order chi connectivity index (χ1) is 6.75. The van der Waals surface area contributed by atoms with Crippen molar-refractivity contribution in [2.45, 2.75) is 19.4 Å². The van der Waals surface area contributed by atoms with Gasteiger partial charge in [0.2, 0.25) is 5.91 Å². The molecule has 1 heterocycles. The van der Waals surface area contributed by atoms with Crippen molar-refractivity contribution < 1.29 is 4.79 Å². The predicted molar refractivity (Wildman–Crippen MR) is 58.8 cm³/mol. The molecule has 0 spiro atoms. The standard InChI is InChI=1S/C11H12BrNO/c12-10-4-1-3-9(7-10)8-13-6-2-5-11(13)14/h1,3-4,7H,2,5-6,8H2. The molecule has 1 aromatic rings. The van der Waals surface area contributed by atoms with Crippen molar-refractivity contribution in [3.8, 4) is 0 Å². The summed E-state index contributed by atoms with van der Waals surface area (Å²) in [6, 6.07) is 8.11. The third-order valence-corrected chi connectivity index (χ3v) is 2.93. The minimum absolute atomic E-state index is 0.282. The average molecular weight is 254 g/mol. The van der Waals surface area contributed by atoms with Crippen LogP contribution >= 0.6 is 15.9 Å². The Morgan fingerprint density at radius 2 is 2.29 bits per heavy atom. The summed E-state index contributed by atoms with van der Waals surface area (Å²) in [6.45, 7) is 1.66. The van der Waals surface area contributed by atoms with Crippen LogP contribution in [0.3, 0.4) is 0 Å². The molecule has 1 amide bonds. The van der Waals surface area contributed by atoms with Crippen molar-refractivity contribution in [3.05, 3.63) is 34.3 Å². The zero-order valence-corrected chi connectivity index (χ0v) is 9.46. The maximum atomic E-state index is 11.4. The molecule has 1 aliphatic rings. The van der Waals surface area contributed by atoms with Gasteiger partial charge in [0, 0.05) is 24.0 Å². The molecule has 0 bridgehead atoms. The summed E-state index contributed by atoms with van der Waals surface area (Å²) in [7, 11) is 0. The van der Waals surface area contributed by atoms with E-state index in [1.54, 1.807) is 0 Å². The molecular weight excluding hydrogens is 242 g/mol. The maximum Gasteiger partial charge on any atom is 0.222 e. The number of benzene rings is 1. The Morgan fingerprint density at radius 3 is 2.93 bits per heavy atom. The Balaban J connectivity index is 2.07. The fourth-order valence-electron chi connectivity index (χ4n) is 1.73. The molecule has 0 saturated carbocycles. The van der Waals surface area contributed by atoms with Gasteiger partial charge in [0.05, 0.1) is 0 Å². The third-order valence-electron chi connectivity index (χ3n) is 2.43. The number of rotatable bonds is 2. The molecule has 14 heavy (non-hydrogen) atoms. The molecule has 0 atom stereocenters. The van der Waals surface area contributed by atoms with Gasteiger partial charge in [0.25, 0.3) is 0 Å². The summed E-state index contributed by atoms with van der Waals surface area (Å²) in [5.41, 5.74) is 1.19. The minimum atomic E-state index is 0.282. The van der Waals surface area contributed by atoms with Crippen LogP contribution in [0.2, 0.25) is 0 Å². The number of hydrogen-bond acceptors (Lipinski definition) is 1. The molecule has 1 fully saturated rings. The van der Waals surface area contributed by atoms with E-state index in [0.717, 1.165) is 24.0 Å². The molecule has 1 aliphatic heterocycles. The number of likely N-dealkylation sites (tertiary alicyclic amines) is 1. The molecule has 2 rings (SSSR count). The van der Waals surface area contributed by atoms with Gasteiger partial charge in [-0.1, -0.05) is 28.1 Å². The van der Waals surface area contributed by atoms with Crippen LogP contribution in [0, 0.1) is 0 Å². The molecule has 1 saturated heterocycles. The summed E-state index contributed by atoms with van der Waals surface area (Å²) in [5.74, 6) is 0.282. The van der Waals surface area contributed by atoms with E-state index in [4.69, 9.17) is 0 Å². The van der Waals surface area contributed by atoms with Gasteiger partial charge < -0.3 is 4.90 Å². The fourth-order valence-corrected chi connectivity index (χ4v) is 2.17. The van der Waals surface area contributed by atoms with Crippen LogP contribution in [0.25, 0.3) is 0 Å². The van der Waals surface area contributed by atoms with E-state index in [9.17, 15) is 4.79 Å². The molecular formula is C11H12BrNO. The summed E-state index contributed by atoms with van der Waals surface area (Å²) >= 11 is 3.42. The van der Waals surface area contributed by atoms with Crippen LogP contribution in [-0.4, -0.2) is 17.4 Å². The van der Waals surface area contributed by atoms with Crippen molar-refractivity contribution in [2.24, 2.45) is 0 Å². The van der Waals surface area contributed by atoms with E-state index in [0.29, 0.717) is 6.42 Å². The molecule has 74 valence electrons. The summed E-state index contributed by atoms with van der Waals surface area (Å²) < 4.78 is 1.07. The first-order valence-corrected chi connectivity index (χ1v) is 5.57. The van der Waals surface area contributed by atoms with Crippen LogP contribution in [-0.2, 0) is 11.3 Å². The van der Waals surface area contributed by atoms with Crippen LogP contribution < -0.4 is 0 Å². The van der Waals surface area contributed by atoms with E-state index >= 15 is 0 Å². The van der Waals surface area contributed by atoms with Crippen molar-refractivity contribution in [1.29, 1.82) is 0 Å². The summed E-state index contributed by atoms with van der Waals surface area (Å²) in [5, 5.41) is 0. The van der Waals surface area contributed by atoms with Gasteiger partial charge in [-0.25, -0.2) is 0 Å². The Bertz CT molecular complexity index is 351. The number of hydrogen-bond donors (Lipinski definition) is 0. The molecule has 1 aromatic carbocycles. The highest BCUT2D eigenvalue weighted by Crippen LogP contribution is 2.17. The molecule has 0 unspecified atom stereocenters. The fraction of sp³-hybridized carbons (Fsp3) is 0.364. The number of halogens is 1. The van der Waals surface area contributed by atoms with Crippen LogP contribution in [0.5, 0.6) is 0 Å². The van der Waals surface area contributed by atoms with Gasteiger partial charge in [-0.05, 0) is 24.1 Å². The van der Waals surface area contributed by atoms with Crippen molar-refractivity contribution in [2.75, 3.05) is 6.54 Å². The van der Waals surface area contributed by atoms with Crippen LogP contribution in [0.1, 0.15) is 18.4 Å². The number of nitrogens with zero attached hydrogens (tertiary/aromatic N) is 1. The van der Waals surface area contributed by atoms with Gasteiger partial charge in [-0.2, -0.15) is 0 Å². The minimum Gasteiger partial charge on any atom is -0.338 e. The predicted octanol–water partition coefficient (Wildman–Crippen LogP) is 2.57. The van der Waals surface area contributed by atoms with Crippen molar-refractivity contribution in [1.82, 2.24) is 4.90 Å². The van der Waals surface area contributed by atoms with E-state index in [-0.39, 0.29) is 5.91 Å². The van der Waals surface area contributed by atoms with Gasteiger partial charge in [0.1, 0.15) is 0 Å². The Labute approximate surface area is 92.0 Å². The number of amides is 1. The topological polar surface area (TPSA) is 20.3 Å². The van der Waals surface area contributed by atoms with Crippen molar-refractivity contribution in [3.63, 3.8) is 0 Å². The molecule has 0 radical (unpaired) electrons.